The van der Waals surface area contributed by atoms with E-state index in [1.807, 2.05) is 0 Å². The van der Waals surface area contributed by atoms with Gasteiger partial charge in [-0.3, -0.25) is 4.90 Å². The van der Waals surface area contributed by atoms with Gasteiger partial charge in [-0.15, -0.1) is 0 Å². The molecule has 0 spiro atoms. The standard InChI is InChI=1S/C7H13F2NO4/c8-7(9,6(13)14)5-10(1-3-11)2-4-12/h11-12H,1-5H2,(H,13,14). The Morgan fingerprint density at radius 2 is 1.64 bits per heavy atom. The first kappa shape index (κ1) is 13.2. The molecule has 0 aromatic carbocycles. The van der Waals surface area contributed by atoms with Crippen molar-refractivity contribution in [1.29, 1.82) is 0 Å². The Labute approximate surface area is 79.6 Å². The first-order valence-corrected chi connectivity index (χ1v) is 3.99. The van der Waals surface area contributed by atoms with Gasteiger partial charge in [-0.1, -0.05) is 0 Å². The highest BCUT2D eigenvalue weighted by atomic mass is 19.3. The zero-order chi connectivity index (χ0) is 11.2. The molecule has 14 heavy (non-hydrogen) atoms. The van der Waals surface area contributed by atoms with Crippen LogP contribution in [0.2, 0.25) is 0 Å². The molecule has 0 heterocycles. The number of alkyl halides is 2. The van der Waals surface area contributed by atoms with Gasteiger partial charge in [0.2, 0.25) is 0 Å². The predicted octanol–water partition coefficient (Wildman–Crippen LogP) is -1.01. The average molecular weight is 213 g/mol. The van der Waals surface area contributed by atoms with E-state index >= 15 is 0 Å². The number of carboxylic acid groups (broad SMARTS) is 1. The topological polar surface area (TPSA) is 81.0 Å². The van der Waals surface area contributed by atoms with E-state index in [9.17, 15) is 13.6 Å². The highest BCUT2D eigenvalue weighted by molar-refractivity contribution is 5.75. The van der Waals surface area contributed by atoms with E-state index in [2.05, 4.69) is 0 Å². The number of nitrogens with zero attached hydrogens (tertiary/aromatic N) is 1. The number of carboxylic acids is 1. The summed E-state index contributed by atoms with van der Waals surface area (Å²) in [5.74, 6) is -6.07. The number of aliphatic hydroxyl groups excluding tert-OH is 2. The Kier molecular flexibility index (Phi) is 5.51. The highest BCUT2D eigenvalue weighted by Crippen LogP contribution is 2.15. The van der Waals surface area contributed by atoms with Gasteiger partial charge in [0.15, 0.2) is 0 Å². The van der Waals surface area contributed by atoms with E-state index in [-0.39, 0.29) is 26.3 Å². The molecule has 0 rings (SSSR count). The number of halogens is 2. The third-order valence-corrected chi connectivity index (χ3v) is 1.57. The molecule has 0 amide bonds. The lowest BCUT2D eigenvalue weighted by Crippen LogP contribution is -2.44. The van der Waals surface area contributed by atoms with Gasteiger partial charge in [-0.2, -0.15) is 8.78 Å². The Hall–Kier alpha value is -0.790. The van der Waals surface area contributed by atoms with Crippen molar-refractivity contribution in [3.8, 4) is 0 Å². The Bertz CT molecular complexity index is 183. The van der Waals surface area contributed by atoms with E-state index in [1.54, 1.807) is 0 Å². The van der Waals surface area contributed by atoms with E-state index in [0.717, 1.165) is 4.90 Å². The summed E-state index contributed by atoms with van der Waals surface area (Å²) in [6, 6.07) is 0. The van der Waals surface area contributed by atoms with Gasteiger partial charge in [-0.05, 0) is 0 Å². The molecule has 7 heteroatoms. The maximum Gasteiger partial charge on any atom is 0.375 e. The summed E-state index contributed by atoms with van der Waals surface area (Å²) in [7, 11) is 0. The first-order valence-electron chi connectivity index (χ1n) is 3.99. The highest BCUT2D eigenvalue weighted by Gasteiger charge is 2.40. The number of hydrogen-bond donors (Lipinski definition) is 3. The van der Waals surface area contributed by atoms with Crippen LogP contribution in [0.5, 0.6) is 0 Å². The zero-order valence-electron chi connectivity index (χ0n) is 7.49. The van der Waals surface area contributed by atoms with Crippen LogP contribution in [0, 0.1) is 0 Å². The molecule has 84 valence electrons. The number of rotatable bonds is 7. The monoisotopic (exact) mass is 213 g/mol. The van der Waals surface area contributed by atoms with Crippen LogP contribution in [0.25, 0.3) is 0 Å². The van der Waals surface area contributed by atoms with Crippen molar-refractivity contribution in [3.05, 3.63) is 0 Å². The minimum absolute atomic E-state index is 0.0938. The first-order chi connectivity index (χ1) is 6.44. The van der Waals surface area contributed by atoms with Crippen molar-refractivity contribution < 1.29 is 28.9 Å². The van der Waals surface area contributed by atoms with Crippen molar-refractivity contribution in [3.63, 3.8) is 0 Å². The Morgan fingerprint density at radius 3 is 1.93 bits per heavy atom. The quantitative estimate of drug-likeness (QED) is 0.505. The van der Waals surface area contributed by atoms with Gasteiger partial charge in [0.05, 0.1) is 19.8 Å². The number of aliphatic hydroxyl groups is 2. The van der Waals surface area contributed by atoms with E-state index < -0.39 is 18.4 Å². The van der Waals surface area contributed by atoms with Crippen molar-refractivity contribution in [1.82, 2.24) is 4.90 Å². The lowest BCUT2D eigenvalue weighted by Gasteiger charge is -2.23. The largest absolute Gasteiger partial charge is 0.477 e. The Morgan fingerprint density at radius 1 is 1.21 bits per heavy atom. The van der Waals surface area contributed by atoms with Crippen LogP contribution in [0.3, 0.4) is 0 Å². The van der Waals surface area contributed by atoms with Crippen LogP contribution in [0.1, 0.15) is 0 Å². The summed E-state index contributed by atoms with van der Waals surface area (Å²) in [4.78, 5) is 11.0. The van der Waals surface area contributed by atoms with Gasteiger partial charge in [0.1, 0.15) is 0 Å². The SMILES string of the molecule is O=C(O)C(F)(F)CN(CCO)CCO. The molecular formula is C7H13F2NO4. The number of aliphatic carboxylic acids is 1. The molecule has 0 radical (unpaired) electrons. The molecule has 0 saturated carbocycles. The van der Waals surface area contributed by atoms with E-state index in [4.69, 9.17) is 15.3 Å². The van der Waals surface area contributed by atoms with Crippen LogP contribution < -0.4 is 0 Å². The van der Waals surface area contributed by atoms with Crippen LogP contribution in [-0.2, 0) is 4.79 Å². The lowest BCUT2D eigenvalue weighted by molar-refractivity contribution is -0.167. The third-order valence-electron chi connectivity index (χ3n) is 1.57. The molecule has 0 unspecified atom stereocenters. The average Bonchev–Trinajstić information content (AvgIpc) is 2.04. The fourth-order valence-electron chi connectivity index (χ4n) is 0.901. The summed E-state index contributed by atoms with van der Waals surface area (Å²) in [5, 5.41) is 25.1. The van der Waals surface area contributed by atoms with Crippen LogP contribution in [0.4, 0.5) is 8.78 Å². The predicted molar refractivity (Wildman–Crippen MR) is 43.2 cm³/mol. The molecule has 0 aliphatic carbocycles. The van der Waals surface area contributed by atoms with Crippen molar-refractivity contribution >= 4 is 5.97 Å². The molecule has 0 aliphatic rings. The zero-order valence-corrected chi connectivity index (χ0v) is 7.49. The summed E-state index contributed by atoms with van der Waals surface area (Å²) in [5.41, 5.74) is 0. The maximum absolute atomic E-state index is 12.6. The summed E-state index contributed by atoms with van der Waals surface area (Å²) in [6.07, 6.45) is 0. The lowest BCUT2D eigenvalue weighted by atomic mass is 10.3. The number of carbonyl (C=O) groups is 1. The van der Waals surface area contributed by atoms with Gasteiger partial charge < -0.3 is 15.3 Å². The van der Waals surface area contributed by atoms with Crippen molar-refractivity contribution in [2.24, 2.45) is 0 Å². The molecule has 0 fully saturated rings. The molecule has 0 aliphatic heterocycles. The van der Waals surface area contributed by atoms with E-state index in [0.29, 0.717) is 0 Å². The van der Waals surface area contributed by atoms with Gasteiger partial charge in [0, 0.05) is 13.1 Å². The molecular weight excluding hydrogens is 200 g/mol. The summed E-state index contributed by atoms with van der Waals surface area (Å²) in [6.45, 7) is -1.93. The van der Waals surface area contributed by atoms with Gasteiger partial charge in [-0.25, -0.2) is 4.79 Å². The summed E-state index contributed by atoms with van der Waals surface area (Å²) < 4.78 is 25.3. The second-order valence-electron chi connectivity index (χ2n) is 2.73. The maximum atomic E-state index is 12.6. The summed E-state index contributed by atoms with van der Waals surface area (Å²) >= 11 is 0. The fourth-order valence-corrected chi connectivity index (χ4v) is 0.901. The van der Waals surface area contributed by atoms with Crippen molar-refractivity contribution in [2.75, 3.05) is 32.8 Å². The minimum Gasteiger partial charge on any atom is -0.477 e. The third kappa shape index (κ3) is 4.45. The van der Waals surface area contributed by atoms with Crippen LogP contribution in [-0.4, -0.2) is 65.0 Å². The second kappa shape index (κ2) is 5.84. The smallest absolute Gasteiger partial charge is 0.375 e. The molecule has 0 aromatic rings. The minimum atomic E-state index is -3.86. The fraction of sp³-hybridized carbons (Fsp3) is 0.857. The molecule has 0 bridgehead atoms. The molecule has 0 aromatic heterocycles. The second-order valence-corrected chi connectivity index (χ2v) is 2.73. The number of hydrogen-bond acceptors (Lipinski definition) is 4. The van der Waals surface area contributed by atoms with Gasteiger partial charge in [0.25, 0.3) is 0 Å². The molecule has 0 atom stereocenters. The van der Waals surface area contributed by atoms with Crippen LogP contribution in [0.15, 0.2) is 0 Å². The Balaban J connectivity index is 4.19. The molecule has 5 nitrogen and oxygen atoms in total. The van der Waals surface area contributed by atoms with Crippen molar-refractivity contribution in [2.45, 2.75) is 5.92 Å². The van der Waals surface area contributed by atoms with Gasteiger partial charge >= 0.3 is 11.9 Å². The molecule has 0 saturated heterocycles. The van der Waals surface area contributed by atoms with Crippen LogP contribution >= 0.6 is 0 Å². The molecule has 3 N–H and O–H groups in total. The van der Waals surface area contributed by atoms with E-state index in [1.165, 1.54) is 0 Å². The normalized spacial score (nSPS) is 12.1.